The number of amides is 1. The van der Waals surface area contributed by atoms with Crippen LogP contribution in [-0.2, 0) is 9.59 Å². The maximum Gasteiger partial charge on any atom is 0.234 e. The summed E-state index contributed by atoms with van der Waals surface area (Å²) in [5, 5.41) is 5.43. The normalized spacial score (nSPS) is 11.1. The minimum Gasteiger partial charge on any atom is -0.343 e. The monoisotopic (exact) mass is 200 g/mol. The van der Waals surface area contributed by atoms with Crippen LogP contribution in [0.5, 0.6) is 0 Å². The number of Topliss-reactive ketones (excluding diaryl/α,β-unsaturated/α-hetero) is 1. The molecule has 0 aromatic heterocycles. The van der Waals surface area contributed by atoms with Crippen LogP contribution in [0.1, 0.15) is 33.6 Å². The van der Waals surface area contributed by atoms with E-state index in [1.165, 1.54) is 0 Å². The second kappa shape index (κ2) is 5.75. The summed E-state index contributed by atoms with van der Waals surface area (Å²) in [7, 11) is 1.69. The van der Waals surface area contributed by atoms with Gasteiger partial charge >= 0.3 is 0 Å². The van der Waals surface area contributed by atoms with E-state index in [2.05, 4.69) is 10.6 Å². The summed E-state index contributed by atoms with van der Waals surface area (Å²) in [4.78, 5) is 22.8. The van der Waals surface area contributed by atoms with E-state index >= 15 is 0 Å². The van der Waals surface area contributed by atoms with E-state index in [-0.39, 0.29) is 18.2 Å². The third-order valence-corrected chi connectivity index (χ3v) is 1.96. The van der Waals surface area contributed by atoms with Crippen molar-refractivity contribution in [2.24, 2.45) is 0 Å². The summed E-state index contributed by atoms with van der Waals surface area (Å²) < 4.78 is 0. The van der Waals surface area contributed by atoms with Crippen molar-refractivity contribution in [2.45, 2.75) is 39.2 Å². The maximum absolute atomic E-state index is 11.6. The van der Waals surface area contributed by atoms with Gasteiger partial charge in [-0.1, -0.05) is 6.92 Å². The molecule has 0 atom stereocenters. The van der Waals surface area contributed by atoms with Crippen molar-refractivity contribution < 1.29 is 9.59 Å². The van der Waals surface area contributed by atoms with Gasteiger partial charge in [0, 0.05) is 6.42 Å². The summed E-state index contributed by atoms with van der Waals surface area (Å²) >= 11 is 0. The average Bonchev–Trinajstić information content (AvgIpc) is 2.03. The van der Waals surface area contributed by atoms with Gasteiger partial charge in [0.15, 0.2) is 5.78 Å². The van der Waals surface area contributed by atoms with E-state index in [1.807, 2.05) is 6.92 Å². The zero-order valence-electron chi connectivity index (χ0n) is 9.44. The van der Waals surface area contributed by atoms with Gasteiger partial charge < -0.3 is 10.6 Å². The predicted molar refractivity (Wildman–Crippen MR) is 56.1 cm³/mol. The Morgan fingerprint density at radius 1 is 1.29 bits per heavy atom. The molecule has 0 bridgehead atoms. The molecule has 0 rings (SSSR count). The van der Waals surface area contributed by atoms with Crippen LogP contribution in [0.3, 0.4) is 0 Å². The Morgan fingerprint density at radius 2 is 1.86 bits per heavy atom. The molecule has 4 nitrogen and oxygen atoms in total. The first-order valence-corrected chi connectivity index (χ1v) is 4.93. The molecule has 0 aliphatic rings. The summed E-state index contributed by atoms with van der Waals surface area (Å²) in [6.45, 7) is 5.66. The van der Waals surface area contributed by atoms with Gasteiger partial charge in [0.25, 0.3) is 0 Å². The van der Waals surface area contributed by atoms with Crippen LogP contribution < -0.4 is 10.6 Å². The molecule has 0 radical (unpaired) electrons. The molecule has 2 N–H and O–H groups in total. The molecule has 0 unspecified atom stereocenters. The maximum atomic E-state index is 11.6. The largest absolute Gasteiger partial charge is 0.343 e. The molecule has 0 saturated heterocycles. The Labute approximate surface area is 85.4 Å². The molecule has 0 spiro atoms. The third kappa shape index (κ3) is 4.37. The van der Waals surface area contributed by atoms with Crippen LogP contribution in [-0.4, -0.2) is 30.8 Å². The van der Waals surface area contributed by atoms with Crippen molar-refractivity contribution in [3.05, 3.63) is 0 Å². The highest BCUT2D eigenvalue weighted by molar-refractivity contribution is 5.92. The molecule has 4 heteroatoms. The van der Waals surface area contributed by atoms with Gasteiger partial charge in [-0.25, -0.2) is 0 Å². The van der Waals surface area contributed by atoms with Gasteiger partial charge in [-0.05, 0) is 27.3 Å². The van der Waals surface area contributed by atoms with Crippen molar-refractivity contribution in [3.63, 3.8) is 0 Å². The number of hydrogen-bond donors (Lipinski definition) is 2. The van der Waals surface area contributed by atoms with Crippen LogP contribution in [0, 0.1) is 0 Å². The SMILES string of the molecule is CCCC(=O)C(C)(C)NC(=O)CNC. The highest BCUT2D eigenvalue weighted by Crippen LogP contribution is 2.08. The Kier molecular flexibility index (Phi) is 5.38. The van der Waals surface area contributed by atoms with Crippen molar-refractivity contribution >= 4 is 11.7 Å². The zero-order chi connectivity index (χ0) is 11.2. The Bertz CT molecular complexity index is 212. The van der Waals surface area contributed by atoms with Gasteiger partial charge in [-0.3, -0.25) is 9.59 Å². The summed E-state index contributed by atoms with van der Waals surface area (Å²) in [5.74, 6) is -0.0774. The molecule has 0 aliphatic carbocycles. The standard InChI is InChI=1S/C10H20N2O2/c1-5-6-8(13)10(2,3)12-9(14)7-11-4/h11H,5-7H2,1-4H3,(H,12,14). The van der Waals surface area contributed by atoms with Gasteiger partial charge in [0.2, 0.25) is 5.91 Å². The molecule has 0 aromatic rings. The van der Waals surface area contributed by atoms with E-state index < -0.39 is 5.54 Å². The van der Waals surface area contributed by atoms with Crippen molar-refractivity contribution in [1.29, 1.82) is 0 Å². The molecular weight excluding hydrogens is 180 g/mol. The van der Waals surface area contributed by atoms with E-state index in [1.54, 1.807) is 20.9 Å². The lowest BCUT2D eigenvalue weighted by molar-refractivity contribution is -0.130. The van der Waals surface area contributed by atoms with Crippen LogP contribution >= 0.6 is 0 Å². The fraction of sp³-hybridized carbons (Fsp3) is 0.800. The highest BCUT2D eigenvalue weighted by Gasteiger charge is 2.27. The Morgan fingerprint density at radius 3 is 2.29 bits per heavy atom. The fourth-order valence-electron chi connectivity index (χ4n) is 1.16. The fourth-order valence-corrected chi connectivity index (χ4v) is 1.16. The summed E-state index contributed by atoms with van der Waals surface area (Å²) in [6.07, 6.45) is 1.32. The lowest BCUT2D eigenvalue weighted by Gasteiger charge is -2.24. The lowest BCUT2D eigenvalue weighted by atomic mass is 9.95. The molecule has 0 heterocycles. The lowest BCUT2D eigenvalue weighted by Crippen LogP contribution is -2.51. The molecular formula is C10H20N2O2. The number of hydrogen-bond acceptors (Lipinski definition) is 3. The minimum absolute atomic E-state index is 0.0736. The molecule has 0 aromatic carbocycles. The minimum atomic E-state index is -0.746. The Hall–Kier alpha value is -0.900. The second-order valence-electron chi connectivity index (χ2n) is 3.88. The molecule has 0 fully saturated rings. The first kappa shape index (κ1) is 13.1. The summed E-state index contributed by atoms with van der Waals surface area (Å²) in [5.41, 5.74) is -0.746. The third-order valence-electron chi connectivity index (χ3n) is 1.96. The van der Waals surface area contributed by atoms with Gasteiger partial charge in [-0.2, -0.15) is 0 Å². The van der Waals surface area contributed by atoms with E-state index in [0.29, 0.717) is 6.42 Å². The Balaban J connectivity index is 4.18. The average molecular weight is 200 g/mol. The van der Waals surface area contributed by atoms with Gasteiger partial charge in [0.1, 0.15) is 0 Å². The number of nitrogens with one attached hydrogen (secondary N) is 2. The number of likely N-dealkylation sites (N-methyl/N-ethyl adjacent to an activating group) is 1. The number of carbonyl (C=O) groups excluding carboxylic acids is 2. The molecule has 14 heavy (non-hydrogen) atoms. The summed E-state index contributed by atoms with van der Waals surface area (Å²) in [6, 6.07) is 0. The van der Waals surface area contributed by atoms with Crippen LogP contribution in [0.2, 0.25) is 0 Å². The van der Waals surface area contributed by atoms with Crippen molar-refractivity contribution in [1.82, 2.24) is 10.6 Å². The number of rotatable bonds is 6. The van der Waals surface area contributed by atoms with E-state index in [0.717, 1.165) is 6.42 Å². The first-order chi connectivity index (χ1) is 6.44. The predicted octanol–water partition coefficient (Wildman–Crippen LogP) is 0.470. The molecule has 0 saturated carbocycles. The van der Waals surface area contributed by atoms with Crippen molar-refractivity contribution in [2.75, 3.05) is 13.6 Å². The van der Waals surface area contributed by atoms with Crippen LogP contribution in [0.15, 0.2) is 0 Å². The molecule has 1 amide bonds. The van der Waals surface area contributed by atoms with E-state index in [9.17, 15) is 9.59 Å². The smallest absolute Gasteiger partial charge is 0.234 e. The number of ketones is 1. The van der Waals surface area contributed by atoms with E-state index in [4.69, 9.17) is 0 Å². The second-order valence-corrected chi connectivity index (χ2v) is 3.88. The van der Waals surface area contributed by atoms with Crippen LogP contribution in [0.25, 0.3) is 0 Å². The topological polar surface area (TPSA) is 58.2 Å². The quantitative estimate of drug-likeness (QED) is 0.655. The molecule has 82 valence electrons. The first-order valence-electron chi connectivity index (χ1n) is 4.93. The van der Waals surface area contributed by atoms with Gasteiger partial charge in [-0.15, -0.1) is 0 Å². The zero-order valence-corrected chi connectivity index (χ0v) is 9.44. The highest BCUT2D eigenvalue weighted by atomic mass is 16.2. The number of carbonyl (C=O) groups is 2. The van der Waals surface area contributed by atoms with Crippen molar-refractivity contribution in [3.8, 4) is 0 Å². The van der Waals surface area contributed by atoms with Crippen LogP contribution in [0.4, 0.5) is 0 Å². The molecule has 0 aliphatic heterocycles. The van der Waals surface area contributed by atoms with Gasteiger partial charge in [0.05, 0.1) is 12.1 Å².